The highest BCUT2D eigenvalue weighted by Crippen LogP contribution is 2.74. The lowest BCUT2D eigenvalue weighted by Crippen LogP contribution is -2.71. The molecule has 1 aromatic heterocycles. The van der Waals surface area contributed by atoms with Crippen LogP contribution in [-0.2, 0) is 21.2 Å². The second-order valence-electron chi connectivity index (χ2n) is 11.5. The van der Waals surface area contributed by atoms with Crippen LogP contribution in [0.5, 0.6) is 0 Å². The Labute approximate surface area is 179 Å². The molecule has 6 atom stereocenters. The second kappa shape index (κ2) is 5.06. The van der Waals surface area contributed by atoms with Gasteiger partial charge in [0.25, 0.3) is 0 Å². The number of epoxide rings is 1. The van der Waals surface area contributed by atoms with E-state index in [0.717, 1.165) is 29.6 Å². The van der Waals surface area contributed by atoms with E-state index in [0.29, 0.717) is 0 Å². The van der Waals surface area contributed by atoms with Crippen molar-refractivity contribution in [2.75, 3.05) is 7.05 Å². The summed E-state index contributed by atoms with van der Waals surface area (Å²) in [6, 6.07) is 6.56. The van der Waals surface area contributed by atoms with Gasteiger partial charge in [-0.2, -0.15) is 7.05 Å². The Balaban J connectivity index is 1.86. The number of aromatic nitrogens is 1. The molecule has 1 aliphatic heterocycles. The fraction of sp³-hybridized carbons (Fsp3) is 0.615. The molecule has 2 heterocycles. The minimum absolute atomic E-state index is 0.0183. The van der Waals surface area contributed by atoms with Gasteiger partial charge in [-0.15, -0.1) is 6.58 Å². The minimum atomic E-state index is -1.12. The van der Waals surface area contributed by atoms with Crippen molar-refractivity contribution in [1.82, 2.24) is 4.98 Å². The minimum Gasteiger partial charge on any atom is -0.654 e. The molecule has 1 saturated carbocycles. The summed E-state index contributed by atoms with van der Waals surface area (Å²) in [6.45, 7) is 15.6. The molecule has 4 nitrogen and oxygen atoms in total. The van der Waals surface area contributed by atoms with Gasteiger partial charge in [-0.3, -0.25) is 0 Å². The highest BCUT2D eigenvalue weighted by atomic mass is 16.6. The third kappa shape index (κ3) is 1.62. The van der Waals surface area contributed by atoms with Crippen molar-refractivity contribution in [2.24, 2.45) is 11.3 Å². The lowest BCUT2D eigenvalue weighted by atomic mass is 9.43. The van der Waals surface area contributed by atoms with Gasteiger partial charge in [0.15, 0.2) is 0 Å². The third-order valence-corrected chi connectivity index (χ3v) is 9.74. The van der Waals surface area contributed by atoms with Gasteiger partial charge >= 0.3 is 0 Å². The van der Waals surface area contributed by atoms with Crippen LogP contribution in [0, 0.1) is 11.3 Å². The summed E-state index contributed by atoms with van der Waals surface area (Å²) in [7, 11) is 1.89. The van der Waals surface area contributed by atoms with Gasteiger partial charge in [0, 0.05) is 33.5 Å². The number of nitrogens with zero attached hydrogens (tertiary/aromatic N) is 1. The number of hydrogen-bond acceptors (Lipinski definition) is 2. The van der Waals surface area contributed by atoms with Crippen molar-refractivity contribution in [3.05, 3.63) is 53.0 Å². The molecule has 4 heteroatoms. The Bertz CT molecular complexity index is 1110. The molecule has 0 radical (unpaired) electrons. The maximum Gasteiger partial charge on any atom is 0.0936 e. The smallest absolute Gasteiger partial charge is 0.0936 e. The van der Waals surface area contributed by atoms with Crippen molar-refractivity contribution in [2.45, 2.75) is 81.6 Å². The average molecular weight is 406 g/mol. The first-order valence-electron chi connectivity index (χ1n) is 11.3. The molecule has 160 valence electrons. The average Bonchev–Trinajstić information content (AvgIpc) is 3.40. The Hall–Kier alpha value is -1.62. The maximum atomic E-state index is 13.2. The monoisotopic (exact) mass is 405 g/mol. The van der Waals surface area contributed by atoms with Crippen LogP contribution in [0.25, 0.3) is 16.2 Å². The molecule has 3 aliphatic carbocycles. The highest BCUT2D eigenvalue weighted by molar-refractivity contribution is 5.92. The topological polar surface area (TPSA) is 62.6 Å². The van der Waals surface area contributed by atoms with Crippen LogP contribution in [0.1, 0.15) is 64.3 Å². The fourth-order valence-corrected chi connectivity index (χ4v) is 8.10. The van der Waals surface area contributed by atoms with E-state index >= 15 is 0 Å². The zero-order chi connectivity index (χ0) is 21.5. The number of likely N-dealkylation sites (N-methyl/N-ethyl adjacent to an activating group) is 1. The molecule has 6 unspecified atom stereocenters. The van der Waals surface area contributed by atoms with E-state index in [1.165, 1.54) is 10.9 Å². The number of aliphatic hydroxyl groups is 1. The zero-order valence-corrected chi connectivity index (χ0v) is 19.0. The molecule has 2 fully saturated rings. The molecule has 4 aliphatic rings. The molecule has 1 aromatic carbocycles. The number of fused-ring (bicyclic) bond motifs is 2. The molecule has 0 bridgehead atoms. The van der Waals surface area contributed by atoms with Crippen LogP contribution >= 0.6 is 0 Å². The normalized spacial score (nSPS) is 44.3. The SMILES string of the molecule is C=CC1(C)CCC2C(C)(C)c3cccc4[nH]c5c(c34)C2(O)C1([N-]C)C1OC1C5(C)C. The van der Waals surface area contributed by atoms with Crippen molar-refractivity contribution in [1.29, 1.82) is 0 Å². The fourth-order valence-electron chi connectivity index (χ4n) is 8.10. The Kier molecular flexibility index (Phi) is 3.22. The van der Waals surface area contributed by atoms with Gasteiger partial charge in [-0.25, -0.2) is 0 Å². The van der Waals surface area contributed by atoms with E-state index in [2.05, 4.69) is 64.4 Å². The van der Waals surface area contributed by atoms with Crippen LogP contribution in [0.2, 0.25) is 0 Å². The van der Waals surface area contributed by atoms with Gasteiger partial charge < -0.3 is 20.1 Å². The maximum absolute atomic E-state index is 13.2. The summed E-state index contributed by atoms with van der Waals surface area (Å²) < 4.78 is 6.47. The molecular formula is C26H33N2O2-. The summed E-state index contributed by atoms with van der Waals surface area (Å²) in [5.74, 6) is 0.0492. The van der Waals surface area contributed by atoms with E-state index < -0.39 is 11.1 Å². The summed E-state index contributed by atoms with van der Waals surface area (Å²) in [4.78, 5) is 3.75. The first-order valence-corrected chi connectivity index (χ1v) is 11.3. The van der Waals surface area contributed by atoms with Crippen molar-refractivity contribution in [3.8, 4) is 0 Å². The summed E-state index contributed by atoms with van der Waals surface area (Å²) in [5.41, 5.74) is 1.99. The van der Waals surface area contributed by atoms with Gasteiger partial charge in [-0.05, 0) is 35.3 Å². The van der Waals surface area contributed by atoms with Crippen LogP contribution in [0.4, 0.5) is 0 Å². The quantitative estimate of drug-likeness (QED) is 0.542. The van der Waals surface area contributed by atoms with E-state index in [-0.39, 0.29) is 34.4 Å². The molecule has 2 N–H and O–H groups in total. The van der Waals surface area contributed by atoms with Crippen molar-refractivity contribution in [3.63, 3.8) is 0 Å². The van der Waals surface area contributed by atoms with E-state index in [1.54, 1.807) is 0 Å². The molecule has 2 aromatic rings. The predicted octanol–water partition coefficient (Wildman–Crippen LogP) is 5.05. The summed E-state index contributed by atoms with van der Waals surface area (Å²) >= 11 is 0. The van der Waals surface area contributed by atoms with Crippen LogP contribution < -0.4 is 0 Å². The molecular weight excluding hydrogens is 372 g/mol. The first-order chi connectivity index (χ1) is 14.0. The number of aromatic amines is 1. The van der Waals surface area contributed by atoms with Gasteiger partial charge in [0.2, 0.25) is 0 Å². The number of H-pyrrole nitrogens is 1. The predicted molar refractivity (Wildman–Crippen MR) is 120 cm³/mol. The molecule has 1 saturated heterocycles. The molecule has 30 heavy (non-hydrogen) atoms. The van der Waals surface area contributed by atoms with Gasteiger partial charge in [0.05, 0.1) is 17.8 Å². The van der Waals surface area contributed by atoms with Crippen molar-refractivity contribution >= 4 is 10.9 Å². The second-order valence-corrected chi connectivity index (χ2v) is 11.5. The van der Waals surface area contributed by atoms with E-state index in [1.807, 2.05) is 13.1 Å². The Morgan fingerprint density at radius 1 is 1.17 bits per heavy atom. The lowest BCUT2D eigenvalue weighted by molar-refractivity contribution is -0.170. The highest BCUT2D eigenvalue weighted by Gasteiger charge is 2.76. The number of ether oxygens (including phenoxy) is 1. The summed E-state index contributed by atoms with van der Waals surface area (Å²) in [5, 5.41) is 19.5. The molecule has 6 rings (SSSR count). The Morgan fingerprint density at radius 3 is 2.57 bits per heavy atom. The first kappa shape index (κ1) is 19.1. The number of nitrogens with one attached hydrogen (secondary N) is 1. The van der Waals surface area contributed by atoms with Crippen LogP contribution in [0.3, 0.4) is 0 Å². The van der Waals surface area contributed by atoms with Gasteiger partial charge in [0.1, 0.15) is 0 Å². The largest absolute Gasteiger partial charge is 0.654 e. The Morgan fingerprint density at radius 2 is 1.90 bits per heavy atom. The van der Waals surface area contributed by atoms with Gasteiger partial charge in [-0.1, -0.05) is 58.4 Å². The third-order valence-electron chi connectivity index (χ3n) is 9.74. The number of benzene rings is 1. The summed E-state index contributed by atoms with van der Waals surface area (Å²) in [6.07, 6.45) is 3.82. The van der Waals surface area contributed by atoms with E-state index in [4.69, 9.17) is 10.1 Å². The van der Waals surface area contributed by atoms with Crippen molar-refractivity contribution < 1.29 is 9.84 Å². The van der Waals surface area contributed by atoms with Crippen LogP contribution in [-0.4, -0.2) is 34.9 Å². The lowest BCUT2D eigenvalue weighted by Gasteiger charge is -2.72. The molecule has 0 spiro atoms. The number of hydrogen-bond donors (Lipinski definition) is 2. The van der Waals surface area contributed by atoms with E-state index in [9.17, 15) is 5.11 Å². The number of rotatable bonds is 2. The standard InChI is InChI=1S/C26H33N2O2/c1-8-24(6)13-12-16-22(2,3)14-10-9-11-15-17(14)18-19(28-15)23(4,5)20-21(30-20)26(24,27-7)25(16,18)29/h8-11,16,20-21,28-29H,1,12-13H2,2-7H3/q-1. The molecule has 0 amide bonds. The zero-order valence-electron chi connectivity index (χ0n) is 19.0. The van der Waals surface area contributed by atoms with Crippen LogP contribution in [0.15, 0.2) is 30.9 Å².